The van der Waals surface area contributed by atoms with Crippen molar-refractivity contribution in [3.05, 3.63) is 23.9 Å². The molecule has 0 atom stereocenters. The highest BCUT2D eigenvalue weighted by Gasteiger charge is 2.20. The van der Waals surface area contributed by atoms with Gasteiger partial charge in [0, 0.05) is 24.8 Å². The number of hydrogen-bond donors (Lipinski definition) is 1. The Bertz CT molecular complexity index is 361. The van der Waals surface area contributed by atoms with Crippen molar-refractivity contribution in [2.45, 2.75) is 52.6 Å². The zero-order chi connectivity index (χ0) is 13.6. The minimum atomic E-state index is 0.236. The van der Waals surface area contributed by atoms with Crippen molar-refractivity contribution in [3.8, 4) is 0 Å². The molecule has 3 nitrogen and oxygen atoms in total. The molecule has 0 aromatic carbocycles. The standard InChI is InChI=1S/C15H27N3/c1-6-9-16-14-11-13(8-10-17-14)12-18(5)15(3,4)7-2/h8,10-11H,6-7,9,12H2,1-5H3,(H,16,17). The van der Waals surface area contributed by atoms with E-state index < -0.39 is 0 Å². The van der Waals surface area contributed by atoms with E-state index in [1.807, 2.05) is 6.20 Å². The zero-order valence-electron chi connectivity index (χ0n) is 12.5. The number of nitrogens with zero attached hydrogens (tertiary/aromatic N) is 2. The SMILES string of the molecule is CCCNc1cc(CN(C)C(C)(C)CC)ccn1. The van der Waals surface area contributed by atoms with Crippen LogP contribution in [0, 0.1) is 0 Å². The molecule has 0 aliphatic carbocycles. The number of anilines is 1. The Balaban J connectivity index is 2.67. The number of aromatic nitrogens is 1. The lowest BCUT2D eigenvalue weighted by Crippen LogP contribution is -2.39. The van der Waals surface area contributed by atoms with E-state index in [-0.39, 0.29) is 5.54 Å². The minimum Gasteiger partial charge on any atom is -0.370 e. The van der Waals surface area contributed by atoms with Crippen molar-refractivity contribution < 1.29 is 0 Å². The van der Waals surface area contributed by atoms with Crippen LogP contribution in [-0.4, -0.2) is 29.0 Å². The van der Waals surface area contributed by atoms with Gasteiger partial charge in [0.15, 0.2) is 0 Å². The molecule has 0 amide bonds. The van der Waals surface area contributed by atoms with E-state index in [2.05, 4.69) is 62.1 Å². The van der Waals surface area contributed by atoms with Gasteiger partial charge in [-0.1, -0.05) is 13.8 Å². The van der Waals surface area contributed by atoms with Crippen molar-refractivity contribution in [2.24, 2.45) is 0 Å². The number of pyridine rings is 1. The van der Waals surface area contributed by atoms with E-state index >= 15 is 0 Å². The maximum atomic E-state index is 4.34. The Hall–Kier alpha value is -1.09. The first-order valence-corrected chi connectivity index (χ1v) is 6.89. The van der Waals surface area contributed by atoms with Gasteiger partial charge < -0.3 is 5.32 Å². The summed E-state index contributed by atoms with van der Waals surface area (Å²) in [6.07, 6.45) is 4.16. The van der Waals surface area contributed by atoms with Crippen LogP contribution in [0.15, 0.2) is 18.3 Å². The molecule has 0 saturated heterocycles. The molecule has 0 bridgehead atoms. The first kappa shape index (κ1) is 15.0. The van der Waals surface area contributed by atoms with Gasteiger partial charge in [0.05, 0.1) is 0 Å². The summed E-state index contributed by atoms with van der Waals surface area (Å²) in [6, 6.07) is 4.25. The van der Waals surface area contributed by atoms with Gasteiger partial charge in [-0.2, -0.15) is 0 Å². The van der Waals surface area contributed by atoms with Crippen LogP contribution in [0.2, 0.25) is 0 Å². The predicted octanol–water partition coefficient (Wildman–Crippen LogP) is 3.52. The molecule has 0 unspecified atom stereocenters. The minimum absolute atomic E-state index is 0.236. The summed E-state index contributed by atoms with van der Waals surface area (Å²) in [5.41, 5.74) is 1.55. The van der Waals surface area contributed by atoms with Crippen molar-refractivity contribution in [1.82, 2.24) is 9.88 Å². The molecule has 1 aromatic rings. The molecule has 0 spiro atoms. The Morgan fingerprint density at radius 3 is 2.67 bits per heavy atom. The van der Waals surface area contributed by atoms with Crippen LogP contribution in [0.25, 0.3) is 0 Å². The van der Waals surface area contributed by atoms with E-state index in [0.717, 1.165) is 31.7 Å². The molecular weight excluding hydrogens is 222 g/mol. The number of nitrogens with one attached hydrogen (secondary N) is 1. The second kappa shape index (κ2) is 6.74. The first-order valence-electron chi connectivity index (χ1n) is 6.89. The van der Waals surface area contributed by atoms with Gasteiger partial charge >= 0.3 is 0 Å². The molecule has 102 valence electrons. The van der Waals surface area contributed by atoms with Gasteiger partial charge in [0.25, 0.3) is 0 Å². The fourth-order valence-electron chi connectivity index (χ4n) is 1.68. The molecule has 0 aliphatic rings. The summed E-state index contributed by atoms with van der Waals surface area (Å²) in [4.78, 5) is 6.73. The first-order chi connectivity index (χ1) is 8.49. The largest absolute Gasteiger partial charge is 0.370 e. The van der Waals surface area contributed by atoms with Gasteiger partial charge in [-0.25, -0.2) is 4.98 Å². The highest BCUT2D eigenvalue weighted by Crippen LogP contribution is 2.19. The summed E-state index contributed by atoms with van der Waals surface area (Å²) in [5.74, 6) is 0.983. The van der Waals surface area contributed by atoms with Gasteiger partial charge in [-0.3, -0.25) is 4.90 Å². The van der Waals surface area contributed by atoms with E-state index in [1.54, 1.807) is 0 Å². The molecule has 18 heavy (non-hydrogen) atoms. The average molecular weight is 249 g/mol. The van der Waals surface area contributed by atoms with Gasteiger partial charge in [-0.05, 0) is 51.4 Å². The molecule has 1 N–H and O–H groups in total. The predicted molar refractivity (Wildman–Crippen MR) is 78.9 cm³/mol. The molecular formula is C15H27N3. The number of hydrogen-bond acceptors (Lipinski definition) is 3. The molecule has 1 rings (SSSR count). The maximum Gasteiger partial charge on any atom is 0.126 e. The fourth-order valence-corrected chi connectivity index (χ4v) is 1.68. The molecule has 0 radical (unpaired) electrons. The van der Waals surface area contributed by atoms with Crippen molar-refractivity contribution in [1.29, 1.82) is 0 Å². The van der Waals surface area contributed by atoms with Crippen molar-refractivity contribution >= 4 is 5.82 Å². The van der Waals surface area contributed by atoms with Crippen molar-refractivity contribution in [3.63, 3.8) is 0 Å². The third-order valence-electron chi connectivity index (χ3n) is 3.70. The third-order valence-corrected chi connectivity index (χ3v) is 3.70. The van der Waals surface area contributed by atoms with Crippen LogP contribution in [0.1, 0.15) is 46.1 Å². The van der Waals surface area contributed by atoms with Crippen LogP contribution in [-0.2, 0) is 6.54 Å². The highest BCUT2D eigenvalue weighted by molar-refractivity contribution is 5.37. The van der Waals surface area contributed by atoms with Crippen molar-refractivity contribution in [2.75, 3.05) is 18.9 Å². The Kier molecular flexibility index (Phi) is 5.60. The Morgan fingerprint density at radius 2 is 2.06 bits per heavy atom. The third kappa shape index (κ3) is 4.30. The summed E-state index contributed by atoms with van der Waals surface area (Å²) < 4.78 is 0. The van der Waals surface area contributed by atoms with E-state index in [1.165, 1.54) is 5.56 Å². The molecule has 0 saturated carbocycles. The molecule has 1 aromatic heterocycles. The van der Waals surface area contributed by atoms with Crippen LogP contribution < -0.4 is 5.32 Å². The zero-order valence-corrected chi connectivity index (χ0v) is 12.5. The topological polar surface area (TPSA) is 28.2 Å². The van der Waals surface area contributed by atoms with Gasteiger partial charge in [0.1, 0.15) is 5.82 Å². The monoisotopic (exact) mass is 249 g/mol. The summed E-state index contributed by atoms with van der Waals surface area (Å²) >= 11 is 0. The van der Waals surface area contributed by atoms with Gasteiger partial charge in [-0.15, -0.1) is 0 Å². The summed E-state index contributed by atoms with van der Waals surface area (Å²) in [7, 11) is 2.18. The molecule has 3 heteroatoms. The fraction of sp³-hybridized carbons (Fsp3) is 0.667. The highest BCUT2D eigenvalue weighted by atomic mass is 15.2. The normalized spacial score (nSPS) is 11.9. The van der Waals surface area contributed by atoms with E-state index in [9.17, 15) is 0 Å². The van der Waals surface area contributed by atoms with Crippen LogP contribution in [0.3, 0.4) is 0 Å². The summed E-state index contributed by atoms with van der Waals surface area (Å²) in [5, 5.41) is 3.33. The second-order valence-corrected chi connectivity index (χ2v) is 5.50. The average Bonchev–Trinajstić information content (AvgIpc) is 2.36. The molecule has 0 aliphatic heterocycles. The lowest BCUT2D eigenvalue weighted by Gasteiger charge is -2.34. The maximum absolute atomic E-state index is 4.34. The Labute approximate surface area is 112 Å². The Morgan fingerprint density at radius 1 is 1.33 bits per heavy atom. The van der Waals surface area contributed by atoms with Gasteiger partial charge in [0.2, 0.25) is 0 Å². The lowest BCUT2D eigenvalue weighted by molar-refractivity contribution is 0.143. The smallest absolute Gasteiger partial charge is 0.126 e. The van der Waals surface area contributed by atoms with Crippen LogP contribution in [0.4, 0.5) is 5.82 Å². The molecule has 1 heterocycles. The lowest BCUT2D eigenvalue weighted by atomic mass is 9.99. The quantitative estimate of drug-likeness (QED) is 0.801. The number of rotatable bonds is 7. The van der Waals surface area contributed by atoms with Crippen LogP contribution >= 0.6 is 0 Å². The second-order valence-electron chi connectivity index (χ2n) is 5.50. The summed E-state index contributed by atoms with van der Waals surface area (Å²) in [6.45, 7) is 10.9. The van der Waals surface area contributed by atoms with E-state index in [0.29, 0.717) is 0 Å². The van der Waals surface area contributed by atoms with Crippen LogP contribution in [0.5, 0.6) is 0 Å². The molecule has 0 fully saturated rings. The van der Waals surface area contributed by atoms with E-state index in [4.69, 9.17) is 0 Å².